The molecular formula is C14H23NO3. The average Bonchev–Trinajstić information content (AvgIpc) is 2.75. The highest BCUT2D eigenvalue weighted by molar-refractivity contribution is 5.80. The van der Waals surface area contributed by atoms with Gasteiger partial charge in [0.2, 0.25) is 5.91 Å². The minimum absolute atomic E-state index is 0.159. The molecule has 1 atom stereocenters. The van der Waals surface area contributed by atoms with Crippen molar-refractivity contribution in [2.75, 3.05) is 13.1 Å². The third kappa shape index (κ3) is 2.85. The van der Waals surface area contributed by atoms with E-state index in [-0.39, 0.29) is 5.91 Å². The van der Waals surface area contributed by atoms with Gasteiger partial charge in [0.15, 0.2) is 0 Å². The summed E-state index contributed by atoms with van der Waals surface area (Å²) in [5.74, 6) is -0.0923. The molecular weight excluding hydrogens is 230 g/mol. The minimum atomic E-state index is -0.782. The van der Waals surface area contributed by atoms with Crippen LogP contribution in [-0.2, 0) is 9.59 Å². The zero-order valence-corrected chi connectivity index (χ0v) is 11.2. The van der Waals surface area contributed by atoms with Crippen LogP contribution in [0.25, 0.3) is 0 Å². The van der Waals surface area contributed by atoms with Gasteiger partial charge in [0.25, 0.3) is 0 Å². The van der Waals surface area contributed by atoms with Crippen LogP contribution in [0.3, 0.4) is 0 Å². The van der Waals surface area contributed by atoms with Gasteiger partial charge in [-0.3, -0.25) is 9.59 Å². The molecule has 102 valence electrons. The number of nitrogens with zero attached hydrogens (tertiary/aromatic N) is 1. The highest BCUT2D eigenvalue weighted by Gasteiger charge is 2.42. The molecule has 1 heterocycles. The van der Waals surface area contributed by atoms with E-state index in [0.717, 1.165) is 12.8 Å². The fourth-order valence-electron chi connectivity index (χ4n) is 3.12. The molecule has 1 aliphatic carbocycles. The maximum atomic E-state index is 12.2. The Hall–Kier alpha value is -1.06. The van der Waals surface area contributed by atoms with E-state index in [4.69, 9.17) is 5.11 Å². The van der Waals surface area contributed by atoms with Gasteiger partial charge in [-0.2, -0.15) is 0 Å². The van der Waals surface area contributed by atoms with Crippen LogP contribution >= 0.6 is 0 Å². The average molecular weight is 253 g/mol. The number of likely N-dealkylation sites (tertiary alicyclic amines) is 1. The van der Waals surface area contributed by atoms with Crippen molar-refractivity contribution in [3.8, 4) is 0 Å². The van der Waals surface area contributed by atoms with Crippen molar-refractivity contribution >= 4 is 11.9 Å². The second kappa shape index (κ2) is 5.29. The van der Waals surface area contributed by atoms with Crippen molar-refractivity contribution in [2.24, 2.45) is 11.3 Å². The highest BCUT2D eigenvalue weighted by Crippen LogP contribution is 2.32. The molecule has 0 spiro atoms. The third-order valence-corrected chi connectivity index (χ3v) is 4.53. The lowest BCUT2D eigenvalue weighted by molar-refractivity contribution is -0.147. The number of hydrogen-bond donors (Lipinski definition) is 1. The molecule has 1 N–H and O–H groups in total. The van der Waals surface area contributed by atoms with E-state index >= 15 is 0 Å². The molecule has 2 aliphatic rings. The van der Waals surface area contributed by atoms with Crippen molar-refractivity contribution in [1.82, 2.24) is 4.90 Å². The van der Waals surface area contributed by atoms with Gasteiger partial charge < -0.3 is 10.0 Å². The Bertz CT molecular complexity index is 336. The summed E-state index contributed by atoms with van der Waals surface area (Å²) < 4.78 is 0. The summed E-state index contributed by atoms with van der Waals surface area (Å²) in [5.41, 5.74) is -0.734. The first-order valence-electron chi connectivity index (χ1n) is 7.02. The number of carboxylic acid groups (broad SMARTS) is 1. The smallest absolute Gasteiger partial charge is 0.311 e. The van der Waals surface area contributed by atoms with Gasteiger partial charge in [-0.15, -0.1) is 0 Å². The Morgan fingerprint density at radius 2 is 1.94 bits per heavy atom. The summed E-state index contributed by atoms with van der Waals surface area (Å²) in [7, 11) is 0. The molecule has 1 amide bonds. The van der Waals surface area contributed by atoms with E-state index in [9.17, 15) is 9.59 Å². The largest absolute Gasteiger partial charge is 0.481 e. The standard InChI is InChI=1S/C14H23NO3/c1-14(13(17)18)7-8-15(10-14)12(16)9-11-5-3-2-4-6-11/h11H,2-10H2,1H3,(H,17,18). The number of carbonyl (C=O) groups excluding carboxylic acids is 1. The van der Waals surface area contributed by atoms with E-state index in [2.05, 4.69) is 0 Å². The van der Waals surface area contributed by atoms with Gasteiger partial charge in [-0.05, 0) is 32.1 Å². The highest BCUT2D eigenvalue weighted by atomic mass is 16.4. The van der Waals surface area contributed by atoms with Crippen molar-refractivity contribution in [3.63, 3.8) is 0 Å². The SMILES string of the molecule is CC1(C(=O)O)CCN(C(=O)CC2CCCCC2)C1. The van der Waals surface area contributed by atoms with E-state index in [1.807, 2.05) is 0 Å². The molecule has 4 heteroatoms. The Kier molecular flexibility index (Phi) is 3.93. The predicted octanol–water partition coefficient (Wildman–Crippen LogP) is 2.28. The Morgan fingerprint density at radius 3 is 2.50 bits per heavy atom. The first-order valence-corrected chi connectivity index (χ1v) is 7.02. The quantitative estimate of drug-likeness (QED) is 0.839. The van der Waals surface area contributed by atoms with Gasteiger partial charge in [0.05, 0.1) is 5.41 Å². The Balaban J connectivity index is 1.85. The maximum Gasteiger partial charge on any atom is 0.311 e. The van der Waals surface area contributed by atoms with Gasteiger partial charge in [0, 0.05) is 19.5 Å². The minimum Gasteiger partial charge on any atom is -0.481 e. The Morgan fingerprint density at radius 1 is 1.28 bits per heavy atom. The molecule has 0 radical (unpaired) electrons. The summed E-state index contributed by atoms with van der Waals surface area (Å²) in [4.78, 5) is 25.1. The molecule has 18 heavy (non-hydrogen) atoms. The van der Waals surface area contributed by atoms with Crippen molar-refractivity contribution in [1.29, 1.82) is 0 Å². The lowest BCUT2D eigenvalue weighted by Gasteiger charge is -2.25. The summed E-state index contributed by atoms with van der Waals surface area (Å²) in [6, 6.07) is 0. The van der Waals surface area contributed by atoms with Crippen LogP contribution in [0.15, 0.2) is 0 Å². The lowest BCUT2D eigenvalue weighted by Crippen LogP contribution is -2.35. The molecule has 2 fully saturated rings. The lowest BCUT2D eigenvalue weighted by atomic mass is 9.86. The van der Waals surface area contributed by atoms with Crippen molar-refractivity contribution in [2.45, 2.75) is 51.9 Å². The van der Waals surface area contributed by atoms with Gasteiger partial charge >= 0.3 is 5.97 Å². The zero-order valence-electron chi connectivity index (χ0n) is 11.2. The molecule has 1 saturated carbocycles. The van der Waals surface area contributed by atoms with Crippen LogP contribution in [0.4, 0.5) is 0 Å². The van der Waals surface area contributed by atoms with Crippen LogP contribution in [-0.4, -0.2) is 35.0 Å². The van der Waals surface area contributed by atoms with Crippen molar-refractivity contribution < 1.29 is 14.7 Å². The first kappa shape index (κ1) is 13.4. The number of aliphatic carboxylic acids is 1. The molecule has 0 aromatic carbocycles. The van der Waals surface area contributed by atoms with Crippen molar-refractivity contribution in [3.05, 3.63) is 0 Å². The second-order valence-corrected chi connectivity index (χ2v) is 6.14. The summed E-state index contributed by atoms with van der Waals surface area (Å²) in [5, 5.41) is 9.16. The summed E-state index contributed by atoms with van der Waals surface area (Å²) >= 11 is 0. The topological polar surface area (TPSA) is 57.6 Å². The maximum absolute atomic E-state index is 12.2. The predicted molar refractivity (Wildman–Crippen MR) is 68.1 cm³/mol. The van der Waals surface area contributed by atoms with Crippen LogP contribution < -0.4 is 0 Å². The molecule has 2 rings (SSSR count). The van der Waals surface area contributed by atoms with E-state index in [0.29, 0.717) is 31.8 Å². The molecule has 0 bridgehead atoms. The summed E-state index contributed by atoms with van der Waals surface area (Å²) in [6.45, 7) is 2.73. The number of rotatable bonds is 3. The van der Waals surface area contributed by atoms with Gasteiger partial charge in [-0.25, -0.2) is 0 Å². The number of carbonyl (C=O) groups is 2. The van der Waals surface area contributed by atoms with Crippen LogP contribution in [0, 0.1) is 11.3 Å². The van der Waals surface area contributed by atoms with Crippen LogP contribution in [0.2, 0.25) is 0 Å². The monoisotopic (exact) mass is 253 g/mol. The van der Waals surface area contributed by atoms with E-state index in [1.165, 1.54) is 19.3 Å². The molecule has 0 aromatic rings. The number of carboxylic acids is 1. The van der Waals surface area contributed by atoms with E-state index in [1.54, 1.807) is 11.8 Å². The van der Waals surface area contributed by atoms with E-state index < -0.39 is 11.4 Å². The molecule has 1 aliphatic heterocycles. The van der Waals surface area contributed by atoms with Gasteiger partial charge in [-0.1, -0.05) is 19.3 Å². The molecule has 4 nitrogen and oxygen atoms in total. The first-order chi connectivity index (χ1) is 8.51. The van der Waals surface area contributed by atoms with Crippen LogP contribution in [0.1, 0.15) is 51.9 Å². The fraction of sp³-hybridized carbons (Fsp3) is 0.857. The summed E-state index contributed by atoms with van der Waals surface area (Å²) in [6.07, 6.45) is 7.31. The number of hydrogen-bond acceptors (Lipinski definition) is 2. The third-order valence-electron chi connectivity index (χ3n) is 4.53. The fourth-order valence-corrected chi connectivity index (χ4v) is 3.12. The molecule has 1 saturated heterocycles. The molecule has 0 aromatic heterocycles. The molecule has 1 unspecified atom stereocenters. The van der Waals surface area contributed by atoms with Crippen LogP contribution in [0.5, 0.6) is 0 Å². The Labute approximate surface area is 108 Å². The normalized spacial score (nSPS) is 29.5. The van der Waals surface area contributed by atoms with Gasteiger partial charge in [0.1, 0.15) is 0 Å². The second-order valence-electron chi connectivity index (χ2n) is 6.14. The zero-order chi connectivity index (χ0) is 13.2. The number of amides is 1.